The fourth-order valence-electron chi connectivity index (χ4n) is 2.20. The Morgan fingerprint density at radius 3 is 3.05 bits per heavy atom. The largest absolute Gasteiger partial charge is 0.464 e. The Morgan fingerprint density at radius 1 is 1.52 bits per heavy atom. The summed E-state index contributed by atoms with van der Waals surface area (Å²) >= 11 is 1.52. The number of thioether (sulfide) groups is 1. The predicted octanol–water partition coefficient (Wildman–Crippen LogP) is 1.74. The summed E-state index contributed by atoms with van der Waals surface area (Å²) < 4.78 is 7.01. The Hall–Kier alpha value is -2.02. The monoisotopic (exact) mass is 305 g/mol. The number of carbonyl (C=O) groups is 1. The van der Waals surface area contributed by atoms with Crippen LogP contribution in [0.15, 0.2) is 32.7 Å². The van der Waals surface area contributed by atoms with Gasteiger partial charge in [-0.05, 0) is 26.0 Å². The summed E-state index contributed by atoms with van der Waals surface area (Å²) in [7, 11) is 0. The Balaban J connectivity index is 1.81. The lowest BCUT2D eigenvalue weighted by Gasteiger charge is -2.11. The van der Waals surface area contributed by atoms with Gasteiger partial charge in [-0.3, -0.25) is 14.2 Å². The van der Waals surface area contributed by atoms with Crippen LogP contribution < -0.4 is 10.9 Å². The zero-order valence-corrected chi connectivity index (χ0v) is 12.6. The van der Waals surface area contributed by atoms with E-state index in [0.29, 0.717) is 17.5 Å². The number of hydrogen-bond donors (Lipinski definition) is 1. The van der Waals surface area contributed by atoms with E-state index in [0.717, 1.165) is 11.5 Å². The number of amides is 1. The van der Waals surface area contributed by atoms with Crippen LogP contribution in [0.3, 0.4) is 0 Å². The molecule has 0 radical (unpaired) electrons. The minimum absolute atomic E-state index is 0.0661. The quantitative estimate of drug-likeness (QED) is 0.874. The number of rotatable bonds is 3. The molecule has 2 aromatic rings. The molecule has 6 nitrogen and oxygen atoms in total. The fourth-order valence-corrected chi connectivity index (χ4v) is 3.12. The van der Waals surface area contributed by atoms with E-state index in [2.05, 4.69) is 10.3 Å². The third-order valence-corrected chi connectivity index (χ3v) is 4.31. The van der Waals surface area contributed by atoms with Crippen LogP contribution in [0.25, 0.3) is 0 Å². The molecule has 110 valence electrons. The van der Waals surface area contributed by atoms with E-state index in [4.69, 9.17) is 4.42 Å². The van der Waals surface area contributed by atoms with Crippen molar-refractivity contribution in [3.05, 3.63) is 45.8 Å². The standard InChI is InChI=1S/C14H15N3O3S/c1-8-3-4-11(20-8)9(2)16-12(18)10-7-15-14-17(13(10)19)5-6-21-14/h3-4,7,9H,5-6H2,1-2H3,(H,16,18)/t9-/m1/s1. The van der Waals surface area contributed by atoms with Crippen LogP contribution in [0, 0.1) is 6.92 Å². The lowest BCUT2D eigenvalue weighted by Crippen LogP contribution is -2.34. The molecule has 0 fully saturated rings. The first-order chi connectivity index (χ1) is 10.1. The van der Waals surface area contributed by atoms with Gasteiger partial charge in [0.1, 0.15) is 17.1 Å². The summed E-state index contributed by atoms with van der Waals surface area (Å²) in [5, 5.41) is 3.44. The van der Waals surface area contributed by atoms with Crippen LogP contribution in [-0.2, 0) is 6.54 Å². The second kappa shape index (κ2) is 5.40. The van der Waals surface area contributed by atoms with Crippen molar-refractivity contribution in [3.8, 4) is 0 Å². The topological polar surface area (TPSA) is 77.1 Å². The lowest BCUT2D eigenvalue weighted by atomic mass is 10.2. The molecule has 0 aliphatic carbocycles. The molecule has 0 saturated heterocycles. The summed E-state index contributed by atoms with van der Waals surface area (Å²) in [6.07, 6.45) is 1.35. The predicted molar refractivity (Wildman–Crippen MR) is 78.5 cm³/mol. The second-order valence-corrected chi connectivity index (χ2v) is 5.97. The number of nitrogens with zero attached hydrogens (tertiary/aromatic N) is 2. The van der Waals surface area contributed by atoms with E-state index in [-0.39, 0.29) is 17.2 Å². The number of furan rings is 1. The van der Waals surface area contributed by atoms with Gasteiger partial charge in [0.2, 0.25) is 0 Å². The number of nitrogens with one attached hydrogen (secondary N) is 1. The van der Waals surface area contributed by atoms with E-state index >= 15 is 0 Å². The van der Waals surface area contributed by atoms with E-state index in [1.807, 2.05) is 26.0 Å². The first-order valence-corrected chi connectivity index (χ1v) is 7.64. The summed E-state index contributed by atoms with van der Waals surface area (Å²) in [5.74, 6) is 1.82. The van der Waals surface area contributed by atoms with Crippen LogP contribution in [0.4, 0.5) is 0 Å². The van der Waals surface area contributed by atoms with E-state index in [1.54, 1.807) is 4.57 Å². The van der Waals surface area contributed by atoms with Gasteiger partial charge in [-0.2, -0.15) is 0 Å². The zero-order chi connectivity index (χ0) is 15.0. The van der Waals surface area contributed by atoms with Crippen LogP contribution in [-0.4, -0.2) is 21.2 Å². The number of aryl methyl sites for hydroxylation is 1. The molecule has 3 rings (SSSR count). The van der Waals surface area contributed by atoms with E-state index < -0.39 is 5.91 Å². The Labute approximate surface area is 125 Å². The minimum Gasteiger partial charge on any atom is -0.464 e. The number of aromatic nitrogens is 2. The van der Waals surface area contributed by atoms with Gasteiger partial charge in [-0.1, -0.05) is 11.8 Å². The summed E-state index contributed by atoms with van der Waals surface area (Å²) in [4.78, 5) is 28.7. The zero-order valence-electron chi connectivity index (χ0n) is 11.8. The van der Waals surface area contributed by atoms with Crippen LogP contribution in [0.2, 0.25) is 0 Å². The number of hydrogen-bond acceptors (Lipinski definition) is 5. The third kappa shape index (κ3) is 2.61. The van der Waals surface area contributed by atoms with Gasteiger partial charge in [0.15, 0.2) is 5.16 Å². The van der Waals surface area contributed by atoms with Gasteiger partial charge >= 0.3 is 0 Å². The molecule has 3 heterocycles. The SMILES string of the molecule is Cc1ccc([C@@H](C)NC(=O)c2cnc3n(c2=O)CCS3)o1. The maximum Gasteiger partial charge on any atom is 0.267 e. The van der Waals surface area contributed by atoms with Crippen molar-refractivity contribution >= 4 is 17.7 Å². The Kier molecular flexibility index (Phi) is 3.59. The molecule has 0 bridgehead atoms. The highest BCUT2D eigenvalue weighted by atomic mass is 32.2. The highest BCUT2D eigenvalue weighted by molar-refractivity contribution is 7.99. The Morgan fingerprint density at radius 2 is 2.33 bits per heavy atom. The summed E-state index contributed by atoms with van der Waals surface area (Å²) in [6, 6.07) is 3.34. The first kappa shape index (κ1) is 13.9. The van der Waals surface area contributed by atoms with Gasteiger partial charge in [-0.25, -0.2) is 4.98 Å². The number of fused-ring (bicyclic) bond motifs is 1. The molecule has 1 aliphatic heterocycles. The van der Waals surface area contributed by atoms with E-state index in [9.17, 15) is 9.59 Å². The van der Waals surface area contributed by atoms with Crippen molar-refractivity contribution in [3.63, 3.8) is 0 Å². The maximum atomic E-state index is 12.2. The van der Waals surface area contributed by atoms with Gasteiger partial charge < -0.3 is 9.73 Å². The molecule has 0 saturated carbocycles. The third-order valence-electron chi connectivity index (χ3n) is 3.34. The summed E-state index contributed by atoms with van der Waals surface area (Å²) in [6.45, 7) is 4.25. The number of carbonyl (C=O) groups excluding carboxylic acids is 1. The van der Waals surface area contributed by atoms with Gasteiger partial charge in [-0.15, -0.1) is 0 Å². The molecule has 7 heteroatoms. The molecular weight excluding hydrogens is 290 g/mol. The van der Waals surface area contributed by atoms with Gasteiger partial charge in [0.25, 0.3) is 11.5 Å². The molecule has 2 aromatic heterocycles. The van der Waals surface area contributed by atoms with Crippen molar-refractivity contribution in [1.29, 1.82) is 0 Å². The summed E-state index contributed by atoms with van der Waals surface area (Å²) in [5.41, 5.74) is -0.221. The molecule has 1 aliphatic rings. The van der Waals surface area contributed by atoms with Crippen LogP contribution >= 0.6 is 11.8 Å². The minimum atomic E-state index is -0.429. The molecule has 21 heavy (non-hydrogen) atoms. The fraction of sp³-hybridized carbons (Fsp3) is 0.357. The van der Waals surface area contributed by atoms with Crippen molar-refractivity contribution in [2.24, 2.45) is 0 Å². The smallest absolute Gasteiger partial charge is 0.267 e. The lowest BCUT2D eigenvalue weighted by molar-refractivity contribution is 0.0932. The van der Waals surface area contributed by atoms with Crippen LogP contribution in [0.5, 0.6) is 0 Å². The van der Waals surface area contributed by atoms with Crippen LogP contribution in [0.1, 0.15) is 34.8 Å². The average Bonchev–Trinajstić information content (AvgIpc) is 3.07. The van der Waals surface area contributed by atoms with Gasteiger partial charge in [0, 0.05) is 18.5 Å². The molecule has 0 spiro atoms. The van der Waals surface area contributed by atoms with Crippen molar-refractivity contribution in [2.75, 3.05) is 5.75 Å². The van der Waals surface area contributed by atoms with Gasteiger partial charge in [0.05, 0.1) is 6.04 Å². The van der Waals surface area contributed by atoms with Crippen molar-refractivity contribution in [1.82, 2.24) is 14.9 Å². The van der Waals surface area contributed by atoms with Crippen molar-refractivity contribution < 1.29 is 9.21 Å². The molecular formula is C14H15N3O3S. The highest BCUT2D eigenvalue weighted by Gasteiger charge is 2.21. The average molecular weight is 305 g/mol. The first-order valence-electron chi connectivity index (χ1n) is 6.66. The molecule has 1 amide bonds. The molecule has 1 atom stereocenters. The highest BCUT2D eigenvalue weighted by Crippen LogP contribution is 2.21. The maximum absolute atomic E-state index is 12.2. The molecule has 0 aromatic carbocycles. The normalized spacial score (nSPS) is 14.8. The second-order valence-electron chi connectivity index (χ2n) is 4.90. The van der Waals surface area contributed by atoms with Crippen molar-refractivity contribution in [2.45, 2.75) is 31.6 Å². The molecule has 1 N–H and O–H groups in total. The Bertz CT molecular complexity index is 750. The van der Waals surface area contributed by atoms with E-state index in [1.165, 1.54) is 18.0 Å². The molecule has 0 unspecified atom stereocenters.